The molecule has 0 aliphatic rings. The summed E-state index contributed by atoms with van der Waals surface area (Å²) in [5.74, 6) is 0. The highest BCUT2D eigenvalue weighted by molar-refractivity contribution is 7.18. The molecule has 0 saturated heterocycles. The first-order valence-electron chi connectivity index (χ1n) is 13.6. The van der Waals surface area contributed by atoms with Gasteiger partial charge in [0.2, 0.25) is 0 Å². The number of furan rings is 1. The highest BCUT2D eigenvalue weighted by atomic mass is 32.1. The molecule has 40 heavy (non-hydrogen) atoms. The van der Waals surface area contributed by atoms with Crippen molar-refractivity contribution in [2.75, 3.05) is 0 Å². The summed E-state index contributed by atoms with van der Waals surface area (Å²) in [7, 11) is 0. The highest BCUT2D eigenvalue weighted by Crippen LogP contribution is 2.47. The number of para-hydroxylation sites is 1. The molecule has 2 heteroatoms. The van der Waals surface area contributed by atoms with Crippen LogP contribution in [-0.4, -0.2) is 0 Å². The summed E-state index contributed by atoms with van der Waals surface area (Å²) in [6.07, 6.45) is 0. The van der Waals surface area contributed by atoms with Gasteiger partial charge in [0.1, 0.15) is 11.2 Å². The Bertz CT molecular complexity index is 2380. The van der Waals surface area contributed by atoms with Crippen LogP contribution in [0.5, 0.6) is 0 Å². The molecular weight excluding hydrogens is 504 g/mol. The van der Waals surface area contributed by atoms with Crippen LogP contribution in [0.25, 0.3) is 86.6 Å². The third-order valence-electron chi connectivity index (χ3n) is 8.32. The second kappa shape index (κ2) is 8.29. The average Bonchev–Trinajstić information content (AvgIpc) is 3.64. The van der Waals surface area contributed by atoms with Gasteiger partial charge in [-0.05, 0) is 78.5 Å². The van der Waals surface area contributed by atoms with E-state index in [0.717, 1.165) is 16.7 Å². The average molecular weight is 527 g/mol. The molecule has 0 fully saturated rings. The van der Waals surface area contributed by atoms with Crippen molar-refractivity contribution in [2.24, 2.45) is 0 Å². The van der Waals surface area contributed by atoms with E-state index >= 15 is 0 Å². The van der Waals surface area contributed by atoms with Gasteiger partial charge >= 0.3 is 0 Å². The Kier molecular flexibility index (Phi) is 4.55. The van der Waals surface area contributed by atoms with Gasteiger partial charge in [-0.25, -0.2) is 0 Å². The smallest absolute Gasteiger partial charge is 0.143 e. The SMILES string of the molecule is c1ccc2cc(-c3c4ccccc4c(-c4cccc5c4oc4ccc6ccsc6c45)c4ccccc34)ccc2c1. The van der Waals surface area contributed by atoms with Gasteiger partial charge in [-0.2, -0.15) is 0 Å². The van der Waals surface area contributed by atoms with E-state index in [2.05, 4.69) is 133 Å². The molecule has 2 heterocycles. The van der Waals surface area contributed by atoms with Crippen LogP contribution >= 0.6 is 11.3 Å². The summed E-state index contributed by atoms with van der Waals surface area (Å²) in [5.41, 5.74) is 6.77. The molecule has 0 spiro atoms. The maximum atomic E-state index is 6.68. The zero-order valence-electron chi connectivity index (χ0n) is 21.5. The Morgan fingerprint density at radius 1 is 0.475 bits per heavy atom. The molecule has 0 radical (unpaired) electrons. The van der Waals surface area contributed by atoms with E-state index in [1.807, 2.05) is 0 Å². The van der Waals surface area contributed by atoms with Gasteiger partial charge in [0.25, 0.3) is 0 Å². The normalized spacial score (nSPS) is 12.0. The Morgan fingerprint density at radius 3 is 1.90 bits per heavy atom. The van der Waals surface area contributed by atoms with E-state index in [1.54, 1.807) is 11.3 Å². The lowest BCUT2D eigenvalue weighted by Crippen LogP contribution is -1.91. The minimum atomic E-state index is 0.943. The van der Waals surface area contributed by atoms with Crippen LogP contribution < -0.4 is 0 Å². The molecule has 0 aliphatic heterocycles. The summed E-state index contributed by atoms with van der Waals surface area (Å²) in [6.45, 7) is 0. The van der Waals surface area contributed by atoms with E-state index in [4.69, 9.17) is 4.42 Å². The fourth-order valence-corrected chi connectivity index (χ4v) is 7.53. The predicted molar refractivity (Wildman–Crippen MR) is 172 cm³/mol. The molecule has 0 saturated carbocycles. The van der Waals surface area contributed by atoms with Gasteiger partial charge in [-0.15, -0.1) is 11.3 Å². The monoisotopic (exact) mass is 526 g/mol. The van der Waals surface area contributed by atoms with Gasteiger partial charge in [-0.3, -0.25) is 0 Å². The Labute approximate surface area is 234 Å². The molecule has 0 N–H and O–H groups in total. The van der Waals surface area contributed by atoms with Crippen molar-refractivity contribution in [2.45, 2.75) is 0 Å². The number of fused-ring (bicyclic) bond motifs is 8. The van der Waals surface area contributed by atoms with E-state index in [0.29, 0.717) is 0 Å². The fraction of sp³-hybridized carbons (Fsp3) is 0. The summed E-state index contributed by atoms with van der Waals surface area (Å²) < 4.78 is 7.97. The number of rotatable bonds is 2. The van der Waals surface area contributed by atoms with Crippen molar-refractivity contribution >= 4 is 75.7 Å². The Balaban J connectivity index is 1.43. The van der Waals surface area contributed by atoms with E-state index in [9.17, 15) is 0 Å². The number of hydrogen-bond acceptors (Lipinski definition) is 2. The standard InChI is InChI=1S/C38H22OS/c1-2-9-25-22-26(17-16-23(25)8-1)34-27-10-3-5-12-29(27)35(30-13-6-4-11-28(30)34)31-14-7-15-32-36-33(39-37(31)32)19-18-24-20-21-40-38(24)36/h1-22H. The fourth-order valence-electron chi connectivity index (χ4n) is 6.58. The van der Waals surface area contributed by atoms with Crippen LogP contribution in [0.4, 0.5) is 0 Å². The zero-order chi connectivity index (χ0) is 26.2. The summed E-state index contributed by atoms with van der Waals surface area (Å²) in [6, 6.07) is 46.2. The highest BCUT2D eigenvalue weighted by Gasteiger charge is 2.21. The van der Waals surface area contributed by atoms with E-state index < -0.39 is 0 Å². The topological polar surface area (TPSA) is 13.1 Å². The summed E-state index contributed by atoms with van der Waals surface area (Å²) >= 11 is 1.78. The van der Waals surface area contributed by atoms with Crippen LogP contribution in [0, 0.1) is 0 Å². The van der Waals surface area contributed by atoms with E-state index in [1.165, 1.54) is 69.9 Å². The number of thiophene rings is 1. The molecule has 9 rings (SSSR count). The van der Waals surface area contributed by atoms with Crippen LogP contribution in [0.2, 0.25) is 0 Å². The summed E-state index contributed by atoms with van der Waals surface area (Å²) in [5, 5.41) is 13.3. The largest absolute Gasteiger partial charge is 0.455 e. The lowest BCUT2D eigenvalue weighted by atomic mass is 9.85. The third kappa shape index (κ3) is 3.03. The quantitative estimate of drug-likeness (QED) is 0.204. The maximum absolute atomic E-state index is 6.68. The van der Waals surface area contributed by atoms with E-state index in [-0.39, 0.29) is 0 Å². The minimum absolute atomic E-state index is 0.943. The predicted octanol–water partition coefficient (Wildman–Crippen LogP) is 11.6. The number of benzene rings is 7. The second-order valence-electron chi connectivity index (χ2n) is 10.5. The van der Waals surface area contributed by atoms with Crippen molar-refractivity contribution in [3.05, 3.63) is 133 Å². The van der Waals surface area contributed by atoms with Crippen LogP contribution in [0.3, 0.4) is 0 Å². The van der Waals surface area contributed by atoms with Crippen molar-refractivity contribution < 1.29 is 4.42 Å². The lowest BCUT2D eigenvalue weighted by molar-refractivity contribution is 0.670. The van der Waals surface area contributed by atoms with Crippen molar-refractivity contribution in [3.63, 3.8) is 0 Å². The third-order valence-corrected chi connectivity index (χ3v) is 9.27. The molecule has 2 aromatic heterocycles. The molecule has 9 aromatic rings. The molecule has 0 atom stereocenters. The molecule has 0 bridgehead atoms. The van der Waals surface area contributed by atoms with Crippen LogP contribution in [0.15, 0.2) is 137 Å². The molecular formula is C38H22OS. The lowest BCUT2D eigenvalue weighted by Gasteiger charge is -2.18. The minimum Gasteiger partial charge on any atom is -0.455 e. The summed E-state index contributed by atoms with van der Waals surface area (Å²) in [4.78, 5) is 0. The molecule has 7 aromatic carbocycles. The maximum Gasteiger partial charge on any atom is 0.143 e. The van der Waals surface area contributed by atoms with Crippen molar-refractivity contribution in [1.82, 2.24) is 0 Å². The van der Waals surface area contributed by atoms with Gasteiger partial charge in [-0.1, -0.05) is 103 Å². The second-order valence-corrected chi connectivity index (χ2v) is 11.4. The van der Waals surface area contributed by atoms with Gasteiger partial charge in [0.05, 0.1) is 0 Å². The first kappa shape index (κ1) is 22.0. The Hall–Kier alpha value is -4.92. The molecule has 186 valence electrons. The van der Waals surface area contributed by atoms with Crippen LogP contribution in [-0.2, 0) is 0 Å². The first-order chi connectivity index (χ1) is 19.8. The molecule has 1 nitrogen and oxygen atoms in total. The van der Waals surface area contributed by atoms with Gasteiger partial charge in [0, 0.05) is 26.6 Å². The van der Waals surface area contributed by atoms with Crippen molar-refractivity contribution in [3.8, 4) is 22.3 Å². The van der Waals surface area contributed by atoms with Crippen molar-refractivity contribution in [1.29, 1.82) is 0 Å². The van der Waals surface area contributed by atoms with Gasteiger partial charge < -0.3 is 4.42 Å². The van der Waals surface area contributed by atoms with Gasteiger partial charge in [0.15, 0.2) is 0 Å². The van der Waals surface area contributed by atoms with Crippen LogP contribution in [0.1, 0.15) is 0 Å². The molecule has 0 aliphatic carbocycles. The first-order valence-corrected chi connectivity index (χ1v) is 14.5. The zero-order valence-corrected chi connectivity index (χ0v) is 22.3. The Morgan fingerprint density at radius 2 is 1.12 bits per heavy atom. The number of hydrogen-bond donors (Lipinski definition) is 0. The molecule has 0 unspecified atom stereocenters. The molecule has 0 amide bonds.